The van der Waals surface area contributed by atoms with Gasteiger partial charge in [-0.15, -0.1) is 0 Å². The molecule has 5 heteroatoms. The summed E-state index contributed by atoms with van der Waals surface area (Å²) in [5.41, 5.74) is 0. The number of ether oxygens (including phenoxy) is 1. The zero-order chi connectivity index (χ0) is 13.5. The van der Waals surface area contributed by atoms with Gasteiger partial charge in [0.1, 0.15) is 6.10 Å². The summed E-state index contributed by atoms with van der Waals surface area (Å²) in [5.74, 6) is 0.240. The number of carbonyl (C=O) groups excluding carboxylic acids is 1. The smallest absolute Gasteiger partial charge is 0.316 e. The average Bonchev–Trinajstić information content (AvgIpc) is 2.46. The van der Waals surface area contributed by atoms with Crippen molar-refractivity contribution < 1.29 is 9.53 Å². The molecule has 2 heterocycles. The van der Waals surface area contributed by atoms with Crippen molar-refractivity contribution in [3.63, 3.8) is 0 Å². The van der Waals surface area contributed by atoms with E-state index in [1.165, 1.54) is 0 Å². The molecule has 1 saturated heterocycles. The van der Waals surface area contributed by atoms with Crippen LogP contribution in [-0.4, -0.2) is 40.0 Å². The van der Waals surface area contributed by atoms with E-state index in [0.717, 1.165) is 32.2 Å². The summed E-state index contributed by atoms with van der Waals surface area (Å²) in [5, 5.41) is 0. The summed E-state index contributed by atoms with van der Waals surface area (Å²) >= 11 is 0. The largest absolute Gasteiger partial charge is 0.458 e. The third-order valence-corrected chi connectivity index (χ3v) is 3.29. The summed E-state index contributed by atoms with van der Waals surface area (Å²) < 4.78 is 5.72. The molecule has 0 aliphatic carbocycles. The zero-order valence-electron chi connectivity index (χ0n) is 11.4. The SMILES string of the molecule is CCCCC(=O)N1CCCC(Oc2ncccn2)C1. The van der Waals surface area contributed by atoms with Gasteiger partial charge >= 0.3 is 6.01 Å². The van der Waals surface area contributed by atoms with Crippen LogP contribution in [0.5, 0.6) is 6.01 Å². The highest BCUT2D eigenvalue weighted by Gasteiger charge is 2.24. The third-order valence-electron chi connectivity index (χ3n) is 3.29. The highest BCUT2D eigenvalue weighted by Crippen LogP contribution is 2.16. The van der Waals surface area contributed by atoms with Crippen molar-refractivity contribution in [1.29, 1.82) is 0 Å². The van der Waals surface area contributed by atoms with E-state index in [4.69, 9.17) is 4.74 Å². The lowest BCUT2D eigenvalue weighted by Crippen LogP contribution is -2.44. The second kappa shape index (κ2) is 7.07. The number of hydrogen-bond acceptors (Lipinski definition) is 4. The van der Waals surface area contributed by atoms with E-state index in [9.17, 15) is 4.79 Å². The van der Waals surface area contributed by atoms with E-state index in [1.54, 1.807) is 18.5 Å². The molecule has 2 rings (SSSR count). The molecular formula is C14H21N3O2. The Labute approximate surface area is 114 Å². The van der Waals surface area contributed by atoms with Gasteiger partial charge in [0.25, 0.3) is 0 Å². The van der Waals surface area contributed by atoms with Crippen LogP contribution in [0.1, 0.15) is 39.0 Å². The van der Waals surface area contributed by atoms with E-state index in [1.807, 2.05) is 4.90 Å². The summed E-state index contributed by atoms with van der Waals surface area (Å²) in [6, 6.07) is 2.16. The predicted molar refractivity (Wildman–Crippen MR) is 71.8 cm³/mol. The number of hydrogen-bond donors (Lipinski definition) is 0. The Bertz CT molecular complexity index is 397. The van der Waals surface area contributed by atoms with Crippen molar-refractivity contribution in [3.8, 4) is 6.01 Å². The summed E-state index contributed by atoms with van der Waals surface area (Å²) in [6.07, 6.45) is 7.93. The molecule has 1 fully saturated rings. The highest BCUT2D eigenvalue weighted by molar-refractivity contribution is 5.76. The summed E-state index contributed by atoms with van der Waals surface area (Å²) in [7, 11) is 0. The molecule has 0 saturated carbocycles. The molecule has 0 N–H and O–H groups in total. The Balaban J connectivity index is 1.85. The first-order chi connectivity index (χ1) is 9.29. The number of nitrogens with zero attached hydrogens (tertiary/aromatic N) is 3. The summed E-state index contributed by atoms with van der Waals surface area (Å²) in [6.45, 7) is 3.60. The van der Waals surface area contributed by atoms with Gasteiger partial charge in [-0.1, -0.05) is 13.3 Å². The Morgan fingerprint density at radius 2 is 2.26 bits per heavy atom. The highest BCUT2D eigenvalue weighted by atomic mass is 16.5. The van der Waals surface area contributed by atoms with Crippen molar-refractivity contribution in [3.05, 3.63) is 18.5 Å². The fraction of sp³-hybridized carbons (Fsp3) is 0.643. The maximum Gasteiger partial charge on any atom is 0.316 e. The van der Waals surface area contributed by atoms with Crippen LogP contribution < -0.4 is 4.74 Å². The second-order valence-electron chi connectivity index (χ2n) is 4.86. The monoisotopic (exact) mass is 263 g/mol. The van der Waals surface area contributed by atoms with Gasteiger partial charge in [-0.25, -0.2) is 9.97 Å². The number of unbranched alkanes of at least 4 members (excludes halogenated alkanes) is 1. The number of amides is 1. The molecule has 1 atom stereocenters. The van der Waals surface area contributed by atoms with E-state index in [-0.39, 0.29) is 12.0 Å². The fourth-order valence-electron chi connectivity index (χ4n) is 2.24. The van der Waals surface area contributed by atoms with Crippen molar-refractivity contribution in [2.75, 3.05) is 13.1 Å². The van der Waals surface area contributed by atoms with Crippen molar-refractivity contribution >= 4 is 5.91 Å². The molecule has 0 bridgehead atoms. The van der Waals surface area contributed by atoms with Crippen LogP contribution in [-0.2, 0) is 4.79 Å². The van der Waals surface area contributed by atoms with Crippen molar-refractivity contribution in [2.24, 2.45) is 0 Å². The lowest BCUT2D eigenvalue weighted by Gasteiger charge is -2.32. The standard InChI is InChI=1S/C14H21N3O2/c1-2-3-7-13(18)17-10-4-6-12(11-17)19-14-15-8-5-9-16-14/h5,8-9,12H,2-4,6-7,10-11H2,1H3. The van der Waals surface area contributed by atoms with Crippen LogP contribution in [0.4, 0.5) is 0 Å². The fourth-order valence-corrected chi connectivity index (χ4v) is 2.24. The quantitative estimate of drug-likeness (QED) is 0.815. The Hall–Kier alpha value is -1.65. The van der Waals surface area contributed by atoms with Gasteiger partial charge in [-0.2, -0.15) is 0 Å². The predicted octanol–water partition coefficient (Wildman–Crippen LogP) is 2.04. The van der Waals surface area contributed by atoms with Gasteiger partial charge in [0.15, 0.2) is 0 Å². The molecular weight excluding hydrogens is 242 g/mol. The molecule has 0 spiro atoms. The van der Waals surface area contributed by atoms with Crippen LogP contribution in [0, 0.1) is 0 Å². The molecule has 19 heavy (non-hydrogen) atoms. The Morgan fingerprint density at radius 1 is 1.47 bits per heavy atom. The minimum Gasteiger partial charge on any atom is -0.458 e. The van der Waals surface area contributed by atoms with Gasteiger partial charge < -0.3 is 9.64 Å². The van der Waals surface area contributed by atoms with Gasteiger partial charge in [0.05, 0.1) is 6.54 Å². The number of rotatable bonds is 5. The molecule has 1 aromatic rings. The number of piperidine rings is 1. The molecule has 1 aliphatic rings. The van der Waals surface area contributed by atoms with Crippen LogP contribution in [0.25, 0.3) is 0 Å². The number of aromatic nitrogens is 2. The van der Waals surface area contributed by atoms with Crippen LogP contribution in [0.15, 0.2) is 18.5 Å². The maximum atomic E-state index is 12.0. The molecule has 1 aromatic heterocycles. The van der Waals surface area contributed by atoms with E-state index in [2.05, 4.69) is 16.9 Å². The first-order valence-electron chi connectivity index (χ1n) is 7.01. The van der Waals surface area contributed by atoms with Crippen LogP contribution in [0.2, 0.25) is 0 Å². The number of likely N-dealkylation sites (tertiary alicyclic amines) is 1. The van der Waals surface area contributed by atoms with Crippen molar-refractivity contribution in [1.82, 2.24) is 14.9 Å². The first kappa shape index (κ1) is 13.8. The zero-order valence-corrected chi connectivity index (χ0v) is 11.4. The maximum absolute atomic E-state index is 12.0. The van der Waals surface area contributed by atoms with E-state index >= 15 is 0 Å². The molecule has 104 valence electrons. The Kier molecular flexibility index (Phi) is 5.12. The lowest BCUT2D eigenvalue weighted by atomic mass is 10.1. The van der Waals surface area contributed by atoms with E-state index in [0.29, 0.717) is 19.0 Å². The lowest BCUT2D eigenvalue weighted by molar-refractivity contribution is -0.134. The van der Waals surface area contributed by atoms with Crippen molar-refractivity contribution in [2.45, 2.75) is 45.1 Å². The minimum atomic E-state index is 0.0155. The summed E-state index contributed by atoms with van der Waals surface area (Å²) in [4.78, 5) is 22.0. The first-order valence-corrected chi connectivity index (χ1v) is 7.01. The van der Waals surface area contributed by atoms with Crippen LogP contribution >= 0.6 is 0 Å². The molecule has 0 radical (unpaired) electrons. The normalized spacial score (nSPS) is 19.2. The van der Waals surface area contributed by atoms with E-state index < -0.39 is 0 Å². The average molecular weight is 263 g/mol. The molecule has 1 aliphatic heterocycles. The minimum absolute atomic E-state index is 0.0155. The second-order valence-corrected chi connectivity index (χ2v) is 4.86. The van der Waals surface area contributed by atoms with Gasteiger partial charge in [0.2, 0.25) is 5.91 Å². The van der Waals surface area contributed by atoms with Gasteiger partial charge in [0, 0.05) is 25.4 Å². The Morgan fingerprint density at radius 3 is 3.00 bits per heavy atom. The molecule has 0 aromatic carbocycles. The topological polar surface area (TPSA) is 55.3 Å². The molecule has 1 amide bonds. The molecule has 1 unspecified atom stereocenters. The number of carbonyl (C=O) groups is 1. The van der Waals surface area contributed by atoms with Gasteiger partial charge in [-0.05, 0) is 25.3 Å². The molecule has 5 nitrogen and oxygen atoms in total. The van der Waals surface area contributed by atoms with Crippen LogP contribution in [0.3, 0.4) is 0 Å². The van der Waals surface area contributed by atoms with Gasteiger partial charge in [-0.3, -0.25) is 4.79 Å². The third kappa shape index (κ3) is 4.19.